The summed E-state index contributed by atoms with van der Waals surface area (Å²) in [5, 5.41) is 9.39. The van der Waals surface area contributed by atoms with Crippen molar-refractivity contribution in [3.63, 3.8) is 0 Å². The molecule has 0 atom stereocenters. The quantitative estimate of drug-likeness (QED) is 0.441. The van der Waals surface area contributed by atoms with E-state index in [9.17, 15) is 14.7 Å². The minimum Gasteiger partial charge on any atom is -0.507 e. The number of morpholine rings is 1. The van der Waals surface area contributed by atoms with Crippen LogP contribution < -0.4 is 51.4 Å². The summed E-state index contributed by atoms with van der Waals surface area (Å²) in [5.74, 6) is -0.0538. The van der Waals surface area contributed by atoms with E-state index >= 15 is 0 Å². The minimum atomic E-state index is -0.0538. The zero-order valence-corrected chi connectivity index (χ0v) is 18.1. The topological polar surface area (TPSA) is 66.8 Å². The van der Waals surface area contributed by atoms with Gasteiger partial charge >= 0.3 is 51.4 Å². The zero-order valence-electron chi connectivity index (χ0n) is 15.0. The molecule has 2 aromatic carbocycles. The molecule has 0 saturated carbocycles. The Balaban J connectivity index is 0.000000318. The molecule has 1 aliphatic rings. The molecular formula is C20H21KNO4-. The molecule has 26 heavy (non-hydrogen) atoms. The first-order valence-corrected chi connectivity index (χ1v) is 8.04. The smallest absolute Gasteiger partial charge is 0.507 e. The first-order valence-electron chi connectivity index (χ1n) is 8.04. The van der Waals surface area contributed by atoms with Gasteiger partial charge in [0.25, 0.3) is 0 Å². The van der Waals surface area contributed by atoms with Crippen LogP contribution >= 0.6 is 0 Å². The van der Waals surface area contributed by atoms with Crippen LogP contribution in [0.2, 0.25) is 0 Å². The van der Waals surface area contributed by atoms with Gasteiger partial charge < -0.3 is 26.5 Å². The molecule has 0 unspecified atom stereocenters. The predicted octanol–water partition coefficient (Wildman–Crippen LogP) is -0.514. The first-order chi connectivity index (χ1) is 12.2. The van der Waals surface area contributed by atoms with Crippen LogP contribution in [0.4, 0.5) is 0 Å². The Labute approximate surface area is 196 Å². The Morgan fingerprint density at radius 3 is 2.42 bits per heavy atom. The van der Waals surface area contributed by atoms with Crippen molar-refractivity contribution in [2.24, 2.45) is 0 Å². The fraction of sp³-hybridized carbons (Fsp3) is 0.250. The fourth-order valence-electron chi connectivity index (χ4n) is 2.42. The maximum atomic E-state index is 10.7. The maximum absolute atomic E-state index is 10.7. The van der Waals surface area contributed by atoms with Crippen molar-refractivity contribution >= 4 is 12.6 Å². The Bertz CT molecular complexity index is 715. The standard InChI is InChI=1S/C14H9O3.C6H12NO.K/c15-8-10-2-1-3-11(6-10)12-4-5-14(17)13(7-12)9-16;1-2-7-3-5-8-6-4-7;/h1-7,9,17H;1-6H2;/q2*-1;+1. The van der Waals surface area contributed by atoms with Crippen LogP contribution in [0.3, 0.4) is 0 Å². The summed E-state index contributed by atoms with van der Waals surface area (Å²) in [4.78, 5) is 23.5. The second kappa shape index (κ2) is 12.5. The van der Waals surface area contributed by atoms with Gasteiger partial charge in [0.05, 0.1) is 25.1 Å². The largest absolute Gasteiger partial charge is 1.00 e. The Morgan fingerprint density at radius 1 is 1.15 bits per heavy atom. The Morgan fingerprint density at radius 2 is 1.85 bits per heavy atom. The van der Waals surface area contributed by atoms with Crippen LogP contribution in [0.15, 0.2) is 42.5 Å². The monoisotopic (exact) mass is 378 g/mol. The second-order valence-electron chi connectivity index (χ2n) is 5.53. The number of hydrogen-bond acceptors (Lipinski definition) is 5. The number of nitrogens with zero attached hydrogens (tertiary/aromatic N) is 1. The summed E-state index contributed by atoms with van der Waals surface area (Å²) >= 11 is 0. The molecule has 0 aliphatic carbocycles. The third-order valence-electron chi connectivity index (χ3n) is 3.89. The normalized spacial score (nSPS) is 13.7. The number of phenols is 1. The molecule has 3 rings (SSSR count). The molecule has 0 bridgehead atoms. The van der Waals surface area contributed by atoms with Crippen molar-refractivity contribution in [3.8, 4) is 16.9 Å². The average molecular weight is 378 g/mol. The van der Waals surface area contributed by atoms with Crippen molar-refractivity contribution in [3.05, 3.63) is 60.5 Å². The van der Waals surface area contributed by atoms with Crippen LogP contribution in [0.1, 0.15) is 15.9 Å². The fourth-order valence-corrected chi connectivity index (χ4v) is 2.42. The van der Waals surface area contributed by atoms with Gasteiger partial charge in [-0.05, 0) is 17.7 Å². The van der Waals surface area contributed by atoms with Gasteiger partial charge in [-0.2, -0.15) is 17.7 Å². The van der Waals surface area contributed by atoms with Crippen LogP contribution in [0.25, 0.3) is 11.1 Å². The van der Waals surface area contributed by atoms with E-state index in [4.69, 9.17) is 4.74 Å². The molecule has 1 N–H and O–H groups in total. The second-order valence-corrected chi connectivity index (χ2v) is 5.53. The molecule has 1 fully saturated rings. The third-order valence-corrected chi connectivity index (χ3v) is 3.89. The number of benzene rings is 2. The van der Waals surface area contributed by atoms with Gasteiger partial charge in [-0.3, -0.25) is 4.79 Å². The molecule has 1 saturated heterocycles. The predicted molar refractivity (Wildman–Crippen MR) is 96.3 cm³/mol. The summed E-state index contributed by atoms with van der Waals surface area (Å²) in [6.45, 7) is 8.59. The van der Waals surface area contributed by atoms with Gasteiger partial charge in [0.1, 0.15) is 5.75 Å². The van der Waals surface area contributed by atoms with Crippen molar-refractivity contribution in [2.75, 3.05) is 32.8 Å². The van der Waals surface area contributed by atoms with E-state index in [0.29, 0.717) is 11.8 Å². The molecule has 6 heteroatoms. The summed E-state index contributed by atoms with van der Waals surface area (Å²) in [7, 11) is 0. The van der Waals surface area contributed by atoms with E-state index in [1.807, 2.05) is 12.4 Å². The molecule has 5 nitrogen and oxygen atoms in total. The van der Waals surface area contributed by atoms with Crippen LogP contribution in [0.5, 0.6) is 5.75 Å². The zero-order chi connectivity index (χ0) is 18.1. The minimum absolute atomic E-state index is 0. The molecule has 0 amide bonds. The molecule has 132 valence electrons. The van der Waals surface area contributed by atoms with Crippen molar-refractivity contribution in [2.45, 2.75) is 0 Å². The van der Waals surface area contributed by atoms with E-state index in [2.05, 4.69) is 11.8 Å². The van der Waals surface area contributed by atoms with Crippen LogP contribution in [-0.4, -0.2) is 55.4 Å². The van der Waals surface area contributed by atoms with E-state index < -0.39 is 0 Å². The average Bonchev–Trinajstić information content (AvgIpc) is 2.69. The number of hydrogen-bond donors (Lipinski definition) is 1. The molecular weight excluding hydrogens is 357 g/mol. The number of aldehydes is 1. The van der Waals surface area contributed by atoms with Crippen LogP contribution in [-0.2, 0) is 9.53 Å². The molecule has 1 aliphatic heterocycles. The Kier molecular flexibility index (Phi) is 11.2. The first kappa shape index (κ1) is 23.2. The molecule has 1 heterocycles. The molecule has 0 radical (unpaired) electrons. The third kappa shape index (κ3) is 7.04. The summed E-state index contributed by atoms with van der Waals surface area (Å²) in [5.41, 5.74) is 2.24. The van der Waals surface area contributed by atoms with E-state index in [-0.39, 0.29) is 62.7 Å². The summed E-state index contributed by atoms with van der Waals surface area (Å²) in [6, 6.07) is 11.6. The SMILES string of the molecule is O=[C-]c1cccc(-c2ccc(O)c(C=O)c2)c1.[CH2-]CN1CCOCC1.[K+]. The number of rotatable bonds is 4. The molecule has 2 aromatic rings. The van der Waals surface area contributed by atoms with E-state index in [1.165, 1.54) is 6.07 Å². The van der Waals surface area contributed by atoms with E-state index in [0.717, 1.165) is 44.0 Å². The number of phenolic OH excluding ortho intramolecular Hbond substituents is 1. The van der Waals surface area contributed by atoms with Crippen molar-refractivity contribution in [1.29, 1.82) is 0 Å². The maximum Gasteiger partial charge on any atom is 1.00 e. The van der Waals surface area contributed by atoms with E-state index in [1.54, 1.807) is 30.3 Å². The molecule has 0 aromatic heterocycles. The van der Waals surface area contributed by atoms with Gasteiger partial charge in [0.2, 0.25) is 0 Å². The number of carbonyl (C=O) groups excluding carboxylic acids is 2. The number of aromatic hydroxyl groups is 1. The number of carbonyl (C=O) groups is 1. The molecule has 0 spiro atoms. The summed E-state index contributed by atoms with van der Waals surface area (Å²) in [6.07, 6.45) is 2.40. The van der Waals surface area contributed by atoms with Gasteiger partial charge in [0, 0.05) is 13.1 Å². The van der Waals surface area contributed by atoms with Gasteiger partial charge in [-0.1, -0.05) is 17.7 Å². The van der Waals surface area contributed by atoms with Crippen LogP contribution in [0, 0.1) is 6.92 Å². The summed E-state index contributed by atoms with van der Waals surface area (Å²) < 4.78 is 5.13. The van der Waals surface area contributed by atoms with Crippen molar-refractivity contribution in [1.82, 2.24) is 4.90 Å². The number of ether oxygens (including phenoxy) is 1. The van der Waals surface area contributed by atoms with Gasteiger partial charge in [0.15, 0.2) is 6.29 Å². The van der Waals surface area contributed by atoms with Crippen molar-refractivity contribution < 1.29 is 70.8 Å². The Hall–Kier alpha value is -0.864. The van der Waals surface area contributed by atoms with Gasteiger partial charge in [-0.15, -0.1) is 12.6 Å². The van der Waals surface area contributed by atoms with Gasteiger partial charge in [-0.25, -0.2) is 0 Å².